The first-order valence-electron chi connectivity index (χ1n) is 8.18. The van der Waals surface area contributed by atoms with Gasteiger partial charge in [0.15, 0.2) is 0 Å². The smallest absolute Gasteiger partial charge is 0.406 e. The van der Waals surface area contributed by atoms with Crippen molar-refractivity contribution in [2.75, 3.05) is 0 Å². The van der Waals surface area contributed by atoms with Gasteiger partial charge in [0.05, 0.1) is 23.8 Å². The molecule has 0 N–H and O–H groups in total. The van der Waals surface area contributed by atoms with Gasteiger partial charge in [-0.1, -0.05) is 38.1 Å². The van der Waals surface area contributed by atoms with Crippen molar-refractivity contribution in [3.63, 3.8) is 0 Å². The van der Waals surface area contributed by atoms with Crippen LogP contribution in [-0.2, 0) is 0 Å². The Morgan fingerprint density at radius 2 is 1.33 bits per heavy atom. The molecule has 3 aromatic rings. The van der Waals surface area contributed by atoms with Crippen molar-refractivity contribution in [1.29, 1.82) is 0 Å². The van der Waals surface area contributed by atoms with Crippen molar-refractivity contribution in [1.82, 2.24) is 9.97 Å². The molecule has 0 fully saturated rings. The number of hydrogen-bond acceptors (Lipinski definition) is 4. The Labute approximate surface area is 154 Å². The monoisotopic (exact) mass is 374 g/mol. The predicted octanol–water partition coefficient (Wildman–Crippen LogP) is 5.55. The van der Waals surface area contributed by atoms with E-state index < -0.39 is 6.36 Å². The Balaban J connectivity index is 0.00000126. The number of carbonyl (C=O) groups is 1. The molecular formula is C20H17F3N2O2. The molecule has 27 heavy (non-hydrogen) atoms. The van der Waals surface area contributed by atoms with E-state index in [-0.39, 0.29) is 5.75 Å². The first-order valence-corrected chi connectivity index (χ1v) is 8.18. The quantitative estimate of drug-likeness (QED) is 0.562. The molecule has 0 amide bonds. The zero-order valence-corrected chi connectivity index (χ0v) is 14.7. The van der Waals surface area contributed by atoms with Crippen LogP contribution in [0.1, 0.15) is 24.2 Å². The lowest BCUT2D eigenvalue weighted by Crippen LogP contribution is -2.16. The summed E-state index contributed by atoms with van der Waals surface area (Å²) in [5, 5.41) is 0. The molecule has 4 nitrogen and oxygen atoms in total. The number of ether oxygens (including phenoxy) is 1. The SMILES string of the molecule is CC.O=Cc1ccc(-c2cncc(-c3ccc(OC(F)(F)F)cc3)n2)cc1. The van der Waals surface area contributed by atoms with Gasteiger partial charge in [0.1, 0.15) is 12.0 Å². The molecule has 0 bridgehead atoms. The van der Waals surface area contributed by atoms with Gasteiger partial charge in [0, 0.05) is 16.7 Å². The molecule has 1 aromatic heterocycles. The first kappa shape index (κ1) is 20.1. The summed E-state index contributed by atoms with van der Waals surface area (Å²) in [6.07, 6.45) is -0.894. The molecule has 0 saturated carbocycles. The van der Waals surface area contributed by atoms with Crippen LogP contribution in [0.5, 0.6) is 5.75 Å². The van der Waals surface area contributed by atoms with Crippen molar-refractivity contribution in [3.05, 3.63) is 66.5 Å². The van der Waals surface area contributed by atoms with Crippen LogP contribution < -0.4 is 4.74 Å². The lowest BCUT2D eigenvalue weighted by atomic mass is 10.1. The van der Waals surface area contributed by atoms with Gasteiger partial charge in [-0.25, -0.2) is 4.98 Å². The molecule has 0 aliphatic heterocycles. The maximum absolute atomic E-state index is 12.2. The number of hydrogen-bond donors (Lipinski definition) is 0. The van der Waals surface area contributed by atoms with Gasteiger partial charge in [-0.15, -0.1) is 13.2 Å². The zero-order chi connectivity index (χ0) is 19.9. The Hall–Kier alpha value is -3.22. The van der Waals surface area contributed by atoms with Gasteiger partial charge >= 0.3 is 6.36 Å². The Morgan fingerprint density at radius 3 is 1.78 bits per heavy atom. The van der Waals surface area contributed by atoms with Gasteiger partial charge < -0.3 is 4.74 Å². The number of aromatic nitrogens is 2. The Morgan fingerprint density at radius 1 is 0.852 bits per heavy atom. The van der Waals surface area contributed by atoms with E-state index in [1.165, 1.54) is 30.5 Å². The van der Waals surface area contributed by atoms with E-state index in [4.69, 9.17) is 0 Å². The third kappa shape index (κ3) is 5.64. The van der Waals surface area contributed by atoms with Gasteiger partial charge in [0.25, 0.3) is 0 Å². The molecule has 0 aliphatic rings. The normalized spacial score (nSPS) is 10.6. The maximum Gasteiger partial charge on any atom is 0.573 e. The summed E-state index contributed by atoms with van der Waals surface area (Å²) in [7, 11) is 0. The van der Waals surface area contributed by atoms with Crippen LogP contribution in [0.2, 0.25) is 0 Å². The summed E-state index contributed by atoms with van der Waals surface area (Å²) in [6, 6.07) is 12.2. The molecule has 3 rings (SSSR count). The van der Waals surface area contributed by atoms with Gasteiger partial charge in [-0.05, 0) is 24.3 Å². The highest BCUT2D eigenvalue weighted by atomic mass is 19.4. The largest absolute Gasteiger partial charge is 0.573 e. The van der Waals surface area contributed by atoms with Gasteiger partial charge in [0.2, 0.25) is 0 Å². The van der Waals surface area contributed by atoms with Crippen LogP contribution in [0, 0.1) is 0 Å². The average Bonchev–Trinajstić information content (AvgIpc) is 2.69. The van der Waals surface area contributed by atoms with Crippen molar-refractivity contribution < 1.29 is 22.7 Å². The highest BCUT2D eigenvalue weighted by Gasteiger charge is 2.30. The molecular weight excluding hydrogens is 357 g/mol. The second-order valence-electron chi connectivity index (χ2n) is 5.10. The first-order chi connectivity index (χ1) is 12.9. The van der Waals surface area contributed by atoms with Crippen molar-refractivity contribution in [2.24, 2.45) is 0 Å². The fourth-order valence-electron chi connectivity index (χ4n) is 2.20. The van der Waals surface area contributed by atoms with Crippen LogP contribution >= 0.6 is 0 Å². The van der Waals surface area contributed by atoms with E-state index in [1.54, 1.807) is 30.5 Å². The highest BCUT2D eigenvalue weighted by molar-refractivity contribution is 5.76. The Bertz CT molecular complexity index is 877. The summed E-state index contributed by atoms with van der Waals surface area (Å²) in [5.74, 6) is -0.301. The highest BCUT2D eigenvalue weighted by Crippen LogP contribution is 2.26. The molecule has 2 aromatic carbocycles. The summed E-state index contributed by atoms with van der Waals surface area (Å²) in [6.45, 7) is 4.00. The third-order valence-corrected chi connectivity index (χ3v) is 3.36. The number of nitrogens with zero attached hydrogens (tertiary/aromatic N) is 2. The summed E-state index contributed by atoms with van der Waals surface area (Å²) >= 11 is 0. The minimum Gasteiger partial charge on any atom is -0.406 e. The summed E-state index contributed by atoms with van der Waals surface area (Å²) in [5.41, 5.74) is 3.03. The minimum absolute atomic E-state index is 0.301. The van der Waals surface area contributed by atoms with Crippen LogP contribution in [0.25, 0.3) is 22.5 Å². The fourth-order valence-corrected chi connectivity index (χ4v) is 2.20. The maximum atomic E-state index is 12.2. The lowest BCUT2D eigenvalue weighted by Gasteiger charge is -2.09. The van der Waals surface area contributed by atoms with E-state index >= 15 is 0 Å². The van der Waals surface area contributed by atoms with E-state index in [1.807, 2.05) is 13.8 Å². The standard InChI is InChI=1S/C18H11F3N2O2.C2H6/c19-18(20,21)25-15-7-5-14(6-8-15)17-10-22-9-16(23-17)13-3-1-12(11-24)2-4-13;1-2/h1-11H;1-2H3. The lowest BCUT2D eigenvalue weighted by molar-refractivity contribution is -0.274. The summed E-state index contributed by atoms with van der Waals surface area (Å²) in [4.78, 5) is 19.3. The Kier molecular flexibility index (Phi) is 6.65. The molecule has 7 heteroatoms. The molecule has 0 spiro atoms. The molecule has 0 saturated heterocycles. The number of carbonyl (C=O) groups excluding carboxylic acids is 1. The van der Waals surface area contributed by atoms with E-state index in [2.05, 4.69) is 14.7 Å². The number of aldehydes is 1. The van der Waals surface area contributed by atoms with Crippen LogP contribution in [0.4, 0.5) is 13.2 Å². The van der Waals surface area contributed by atoms with Crippen molar-refractivity contribution in [3.8, 4) is 28.3 Å². The van der Waals surface area contributed by atoms with E-state index in [0.29, 0.717) is 22.5 Å². The fraction of sp³-hybridized carbons (Fsp3) is 0.150. The molecule has 0 radical (unpaired) electrons. The van der Waals surface area contributed by atoms with E-state index in [9.17, 15) is 18.0 Å². The van der Waals surface area contributed by atoms with Crippen LogP contribution in [0.15, 0.2) is 60.9 Å². The van der Waals surface area contributed by atoms with Crippen LogP contribution in [0.3, 0.4) is 0 Å². The van der Waals surface area contributed by atoms with Crippen molar-refractivity contribution in [2.45, 2.75) is 20.2 Å². The van der Waals surface area contributed by atoms with E-state index in [0.717, 1.165) is 11.8 Å². The number of rotatable bonds is 4. The predicted molar refractivity (Wildman–Crippen MR) is 96.3 cm³/mol. The van der Waals surface area contributed by atoms with Gasteiger partial charge in [-0.3, -0.25) is 9.78 Å². The molecule has 140 valence electrons. The molecule has 1 heterocycles. The second-order valence-corrected chi connectivity index (χ2v) is 5.10. The average molecular weight is 374 g/mol. The number of halogens is 3. The minimum atomic E-state index is -4.73. The zero-order valence-electron chi connectivity index (χ0n) is 14.7. The topological polar surface area (TPSA) is 52.1 Å². The molecule has 0 atom stereocenters. The molecule has 0 unspecified atom stereocenters. The molecule has 0 aliphatic carbocycles. The number of benzene rings is 2. The number of alkyl halides is 3. The van der Waals surface area contributed by atoms with Crippen LogP contribution in [-0.4, -0.2) is 22.6 Å². The van der Waals surface area contributed by atoms with Crippen molar-refractivity contribution >= 4 is 6.29 Å². The third-order valence-electron chi connectivity index (χ3n) is 3.36. The van der Waals surface area contributed by atoms with Gasteiger partial charge in [-0.2, -0.15) is 0 Å². The summed E-state index contributed by atoms with van der Waals surface area (Å²) < 4.78 is 40.4. The second kappa shape index (κ2) is 8.93.